The number of aryl methyl sites for hydroxylation is 4. The van der Waals surface area contributed by atoms with Crippen molar-refractivity contribution in [2.45, 2.75) is 27.7 Å². The Morgan fingerprint density at radius 1 is 1.00 bits per heavy atom. The smallest absolute Gasteiger partial charge is 0.272 e. The van der Waals surface area contributed by atoms with Crippen LogP contribution in [0.3, 0.4) is 0 Å². The fourth-order valence-corrected chi connectivity index (χ4v) is 3.34. The lowest BCUT2D eigenvalue weighted by molar-refractivity contribution is 0.608. The third-order valence-corrected chi connectivity index (χ3v) is 5.13. The van der Waals surface area contributed by atoms with Crippen molar-refractivity contribution in [3.05, 3.63) is 69.1 Å². The van der Waals surface area contributed by atoms with Crippen LogP contribution in [0.25, 0.3) is 6.08 Å². The summed E-state index contributed by atoms with van der Waals surface area (Å²) < 4.78 is 27.5. The number of nitrogens with zero attached hydrogens (tertiary/aromatic N) is 1. The molecule has 24 heavy (non-hydrogen) atoms. The van der Waals surface area contributed by atoms with Crippen LogP contribution in [-0.2, 0) is 10.0 Å². The lowest BCUT2D eigenvalue weighted by atomic mass is 10.1. The SMILES string of the molecule is Cc1ccc(NS(=O)(=O)C(C#N)=Cc2ccc(C)c(C)c2)c(C)c1. The molecule has 0 fully saturated rings. The molecule has 0 heterocycles. The molecule has 0 radical (unpaired) electrons. The topological polar surface area (TPSA) is 70.0 Å². The maximum atomic E-state index is 12.5. The van der Waals surface area contributed by atoms with E-state index in [9.17, 15) is 13.7 Å². The molecule has 0 aromatic heterocycles. The first kappa shape index (κ1) is 17.8. The van der Waals surface area contributed by atoms with Crippen molar-refractivity contribution in [2.24, 2.45) is 0 Å². The van der Waals surface area contributed by atoms with E-state index in [2.05, 4.69) is 4.72 Å². The Hall–Kier alpha value is -2.58. The van der Waals surface area contributed by atoms with Crippen molar-refractivity contribution >= 4 is 21.8 Å². The third-order valence-electron chi connectivity index (χ3n) is 3.85. The van der Waals surface area contributed by atoms with Gasteiger partial charge in [-0.3, -0.25) is 4.72 Å². The first-order chi connectivity index (χ1) is 11.2. The predicted molar refractivity (Wildman–Crippen MR) is 98.0 cm³/mol. The van der Waals surface area contributed by atoms with Gasteiger partial charge in [0, 0.05) is 0 Å². The first-order valence-electron chi connectivity index (χ1n) is 7.52. The average molecular weight is 340 g/mol. The molecule has 0 atom stereocenters. The van der Waals surface area contributed by atoms with Gasteiger partial charge in [0.05, 0.1) is 5.69 Å². The number of allylic oxidation sites excluding steroid dienone is 1. The van der Waals surface area contributed by atoms with Crippen LogP contribution >= 0.6 is 0 Å². The highest BCUT2D eigenvalue weighted by Crippen LogP contribution is 2.21. The minimum atomic E-state index is -3.93. The number of sulfonamides is 1. The Morgan fingerprint density at radius 3 is 2.29 bits per heavy atom. The van der Waals surface area contributed by atoms with Crippen molar-refractivity contribution < 1.29 is 8.42 Å². The Balaban J connectivity index is 2.39. The Morgan fingerprint density at radius 2 is 1.71 bits per heavy atom. The molecule has 0 unspecified atom stereocenters. The minimum Gasteiger partial charge on any atom is -0.279 e. The van der Waals surface area contributed by atoms with E-state index in [4.69, 9.17) is 0 Å². The molecule has 0 amide bonds. The molecule has 2 aromatic carbocycles. The maximum Gasteiger partial charge on any atom is 0.272 e. The molecule has 0 saturated carbocycles. The van der Waals surface area contributed by atoms with Gasteiger partial charge >= 0.3 is 0 Å². The van der Waals surface area contributed by atoms with E-state index < -0.39 is 10.0 Å². The molecule has 5 heteroatoms. The second-order valence-corrected chi connectivity index (χ2v) is 7.54. The third kappa shape index (κ3) is 4.03. The molecule has 0 spiro atoms. The van der Waals surface area contributed by atoms with Crippen molar-refractivity contribution in [1.29, 1.82) is 5.26 Å². The molecular formula is C19H20N2O2S. The van der Waals surface area contributed by atoms with E-state index >= 15 is 0 Å². The fourth-order valence-electron chi connectivity index (χ4n) is 2.30. The number of hydrogen-bond acceptors (Lipinski definition) is 3. The number of nitriles is 1. The van der Waals surface area contributed by atoms with Crippen LogP contribution in [0, 0.1) is 39.0 Å². The van der Waals surface area contributed by atoms with Gasteiger partial charge < -0.3 is 0 Å². The van der Waals surface area contributed by atoms with Gasteiger partial charge in [-0.15, -0.1) is 0 Å². The lowest BCUT2D eigenvalue weighted by Crippen LogP contribution is -2.15. The van der Waals surface area contributed by atoms with Crippen LogP contribution in [0.15, 0.2) is 41.3 Å². The Bertz CT molecular complexity index is 952. The summed E-state index contributed by atoms with van der Waals surface area (Å²) in [6.07, 6.45) is 1.39. The highest BCUT2D eigenvalue weighted by atomic mass is 32.2. The molecule has 0 aliphatic carbocycles. The van der Waals surface area contributed by atoms with Gasteiger partial charge in [-0.2, -0.15) is 5.26 Å². The molecule has 0 aliphatic rings. The molecular weight excluding hydrogens is 320 g/mol. The summed E-state index contributed by atoms with van der Waals surface area (Å²) in [6, 6.07) is 12.8. The second kappa shape index (κ2) is 6.90. The van der Waals surface area contributed by atoms with Gasteiger partial charge in [0.1, 0.15) is 6.07 Å². The van der Waals surface area contributed by atoms with Gasteiger partial charge in [0.15, 0.2) is 4.91 Å². The number of anilines is 1. The zero-order valence-corrected chi connectivity index (χ0v) is 15.0. The molecule has 1 N–H and O–H groups in total. The van der Waals surface area contributed by atoms with Gasteiger partial charge in [0.25, 0.3) is 10.0 Å². The van der Waals surface area contributed by atoms with Gasteiger partial charge in [0.2, 0.25) is 0 Å². The van der Waals surface area contributed by atoms with Gasteiger partial charge in [-0.05, 0) is 62.1 Å². The molecule has 0 aliphatic heterocycles. The summed E-state index contributed by atoms with van der Waals surface area (Å²) in [5.41, 5.74) is 5.16. The summed E-state index contributed by atoms with van der Waals surface area (Å²) in [5.74, 6) is 0. The summed E-state index contributed by atoms with van der Waals surface area (Å²) >= 11 is 0. The van der Waals surface area contributed by atoms with Crippen LogP contribution in [0.5, 0.6) is 0 Å². The maximum absolute atomic E-state index is 12.5. The van der Waals surface area contributed by atoms with E-state index in [0.29, 0.717) is 11.3 Å². The largest absolute Gasteiger partial charge is 0.279 e. The zero-order valence-electron chi connectivity index (χ0n) is 14.2. The van der Waals surface area contributed by atoms with Crippen LogP contribution in [0.1, 0.15) is 27.8 Å². The van der Waals surface area contributed by atoms with Crippen molar-refractivity contribution in [1.82, 2.24) is 0 Å². The fraction of sp³-hybridized carbons (Fsp3) is 0.211. The lowest BCUT2D eigenvalue weighted by Gasteiger charge is -2.10. The average Bonchev–Trinajstić information content (AvgIpc) is 2.51. The summed E-state index contributed by atoms with van der Waals surface area (Å²) in [4.78, 5) is -0.314. The van der Waals surface area contributed by atoms with E-state index in [1.54, 1.807) is 18.2 Å². The van der Waals surface area contributed by atoms with Gasteiger partial charge in [-0.1, -0.05) is 35.9 Å². The van der Waals surface area contributed by atoms with Crippen molar-refractivity contribution in [2.75, 3.05) is 4.72 Å². The van der Waals surface area contributed by atoms with Crippen molar-refractivity contribution in [3.8, 4) is 6.07 Å². The molecule has 124 valence electrons. The van der Waals surface area contributed by atoms with E-state index in [-0.39, 0.29) is 4.91 Å². The highest BCUT2D eigenvalue weighted by molar-refractivity contribution is 7.97. The molecule has 2 rings (SSSR count). The molecule has 4 nitrogen and oxygen atoms in total. The number of rotatable bonds is 4. The monoisotopic (exact) mass is 340 g/mol. The summed E-state index contributed by atoms with van der Waals surface area (Å²) in [7, 11) is -3.93. The number of benzene rings is 2. The Kier molecular flexibility index (Phi) is 5.10. The summed E-state index contributed by atoms with van der Waals surface area (Å²) in [5, 5.41) is 9.30. The molecule has 0 saturated heterocycles. The van der Waals surface area contributed by atoms with E-state index in [1.807, 2.05) is 52.0 Å². The second-order valence-electron chi connectivity index (χ2n) is 5.89. The van der Waals surface area contributed by atoms with Crippen LogP contribution in [-0.4, -0.2) is 8.42 Å². The number of nitrogens with one attached hydrogen (secondary N) is 1. The van der Waals surface area contributed by atoms with Crippen molar-refractivity contribution in [3.63, 3.8) is 0 Å². The number of hydrogen-bond donors (Lipinski definition) is 1. The van der Waals surface area contributed by atoms with Crippen LogP contribution in [0.4, 0.5) is 5.69 Å². The van der Waals surface area contributed by atoms with Gasteiger partial charge in [-0.25, -0.2) is 8.42 Å². The molecule has 0 bridgehead atoms. The zero-order chi connectivity index (χ0) is 17.9. The normalized spacial score (nSPS) is 11.9. The molecule has 2 aromatic rings. The minimum absolute atomic E-state index is 0.314. The highest BCUT2D eigenvalue weighted by Gasteiger charge is 2.18. The summed E-state index contributed by atoms with van der Waals surface area (Å²) in [6.45, 7) is 7.68. The van der Waals surface area contributed by atoms with Crippen LogP contribution < -0.4 is 4.72 Å². The standard InChI is InChI=1S/C19H20N2O2S/c1-13-5-8-19(16(4)9-13)21-24(22,23)18(12-20)11-17-7-6-14(2)15(3)10-17/h5-11,21H,1-4H3. The first-order valence-corrected chi connectivity index (χ1v) is 9.00. The van der Waals surface area contributed by atoms with E-state index in [0.717, 1.165) is 22.3 Å². The quantitative estimate of drug-likeness (QED) is 0.847. The predicted octanol–water partition coefficient (Wildman–Crippen LogP) is 4.23. The van der Waals surface area contributed by atoms with E-state index in [1.165, 1.54) is 6.08 Å². The Labute approximate surface area is 143 Å². The van der Waals surface area contributed by atoms with Crippen LogP contribution in [0.2, 0.25) is 0 Å².